The second kappa shape index (κ2) is 11.5. The summed E-state index contributed by atoms with van der Waals surface area (Å²) in [5, 5.41) is 48.3. The van der Waals surface area contributed by atoms with Crippen LogP contribution in [0.1, 0.15) is 27.8 Å². The Morgan fingerprint density at radius 3 is 1.85 bits per heavy atom. The molecule has 0 saturated carbocycles. The lowest BCUT2D eigenvalue weighted by Gasteiger charge is -2.35. The fourth-order valence-electron chi connectivity index (χ4n) is 4.95. The van der Waals surface area contributed by atoms with Crippen LogP contribution in [0.4, 0.5) is 0 Å². The van der Waals surface area contributed by atoms with Crippen molar-refractivity contribution in [1.82, 2.24) is 9.80 Å². The maximum absolute atomic E-state index is 13.8. The van der Waals surface area contributed by atoms with Crippen LogP contribution in [0.5, 0.6) is 11.5 Å². The molecule has 0 unspecified atom stereocenters. The number of hydrogen-bond acceptors (Lipinski definition) is 10. The number of carbonyl (C=O) groups is 4. The van der Waals surface area contributed by atoms with Gasteiger partial charge in [-0.2, -0.15) is 8.42 Å². The normalized spacial score (nSPS) is 17.4. The molecule has 3 rings (SSSR count). The van der Waals surface area contributed by atoms with E-state index >= 15 is 0 Å². The third-order valence-corrected chi connectivity index (χ3v) is 8.35. The van der Waals surface area contributed by atoms with Gasteiger partial charge in [-0.05, 0) is 36.6 Å². The highest BCUT2D eigenvalue weighted by molar-refractivity contribution is 7.88. The summed E-state index contributed by atoms with van der Waals surface area (Å²) in [5.41, 5.74) is 0.456. The number of benzene rings is 2. The van der Waals surface area contributed by atoms with Crippen molar-refractivity contribution in [2.24, 2.45) is 0 Å². The Balaban J connectivity index is 2.34. The molecule has 0 amide bonds. The molecule has 1 heterocycles. The number of carboxylic acid groups (broad SMARTS) is 4. The van der Waals surface area contributed by atoms with E-state index in [-0.39, 0.29) is 39.3 Å². The van der Waals surface area contributed by atoms with E-state index in [2.05, 4.69) is 0 Å². The third-order valence-electron chi connectivity index (χ3n) is 6.52. The summed E-state index contributed by atoms with van der Waals surface area (Å²) in [6, 6.07) is 7.24. The first kappa shape index (κ1) is 30.3. The van der Waals surface area contributed by atoms with Gasteiger partial charge in [0.1, 0.15) is 11.5 Å². The van der Waals surface area contributed by atoms with Crippen molar-refractivity contribution in [3.05, 3.63) is 58.1 Å². The standard InChI is InChI=1S/C25H28N2O12S/c1-14-7-18(15(2)16(24(14)36)8-26(9-20(28)29)10-21(30)31)25(13-27(11-22(32)33)12-23(34)35)17-5-3-4-6-19(17)39-40(25,37)38/h3-7,36H,8-13H2,1-2H3,(H,28,29)(H,30,31)(H,32,33)(H,34,35)/t25-/m1/s1. The van der Waals surface area contributed by atoms with Crippen LogP contribution in [-0.2, 0) is 40.6 Å². The topological polar surface area (TPSA) is 219 Å². The molecule has 1 aliphatic heterocycles. The lowest BCUT2D eigenvalue weighted by Crippen LogP contribution is -2.49. The highest BCUT2D eigenvalue weighted by Crippen LogP contribution is 2.51. The molecule has 40 heavy (non-hydrogen) atoms. The first-order chi connectivity index (χ1) is 18.6. The van der Waals surface area contributed by atoms with Gasteiger partial charge < -0.3 is 29.7 Å². The number of hydrogen-bond donors (Lipinski definition) is 5. The Morgan fingerprint density at radius 1 is 0.825 bits per heavy atom. The number of para-hydroxylation sites is 1. The Morgan fingerprint density at radius 2 is 1.32 bits per heavy atom. The van der Waals surface area contributed by atoms with Crippen molar-refractivity contribution >= 4 is 34.0 Å². The molecule has 216 valence electrons. The van der Waals surface area contributed by atoms with Crippen LogP contribution >= 0.6 is 0 Å². The summed E-state index contributed by atoms with van der Waals surface area (Å²) in [6.07, 6.45) is 0. The summed E-state index contributed by atoms with van der Waals surface area (Å²) in [7, 11) is -4.67. The second-order valence-corrected chi connectivity index (χ2v) is 11.2. The minimum absolute atomic E-state index is 0.0223. The average Bonchev–Trinajstić information content (AvgIpc) is 3.03. The number of nitrogens with zero attached hydrogens (tertiary/aromatic N) is 2. The Kier molecular flexibility index (Phi) is 8.72. The van der Waals surface area contributed by atoms with Crippen molar-refractivity contribution in [2.45, 2.75) is 25.1 Å². The van der Waals surface area contributed by atoms with Gasteiger partial charge in [-0.1, -0.05) is 24.3 Å². The number of fused-ring (bicyclic) bond motifs is 1. The maximum atomic E-state index is 13.8. The largest absolute Gasteiger partial charge is 0.507 e. The molecule has 1 atom stereocenters. The van der Waals surface area contributed by atoms with Crippen LogP contribution in [0.25, 0.3) is 0 Å². The average molecular weight is 581 g/mol. The summed E-state index contributed by atoms with van der Waals surface area (Å²) in [4.78, 5) is 47.9. The molecular weight excluding hydrogens is 552 g/mol. The lowest BCUT2D eigenvalue weighted by molar-refractivity contribution is -0.144. The molecule has 5 N–H and O–H groups in total. The van der Waals surface area contributed by atoms with E-state index in [9.17, 15) is 53.1 Å². The van der Waals surface area contributed by atoms with Gasteiger partial charge >= 0.3 is 34.0 Å². The first-order valence-corrected chi connectivity index (χ1v) is 13.2. The van der Waals surface area contributed by atoms with Crippen molar-refractivity contribution in [1.29, 1.82) is 0 Å². The van der Waals surface area contributed by atoms with E-state index in [0.717, 1.165) is 9.80 Å². The molecule has 0 spiro atoms. The highest BCUT2D eigenvalue weighted by Gasteiger charge is 2.57. The monoisotopic (exact) mass is 580 g/mol. The minimum Gasteiger partial charge on any atom is -0.507 e. The predicted molar refractivity (Wildman–Crippen MR) is 137 cm³/mol. The van der Waals surface area contributed by atoms with Gasteiger partial charge in [0.25, 0.3) is 0 Å². The number of rotatable bonds is 13. The SMILES string of the molecule is Cc1cc([C@@]2(CN(CC(=O)O)CC(=O)O)c3ccccc3OS2(=O)=O)c(C)c(CN(CC(=O)O)CC(=O)O)c1O. The second-order valence-electron chi connectivity index (χ2n) is 9.42. The summed E-state index contributed by atoms with van der Waals surface area (Å²) >= 11 is 0. The number of phenols is 1. The molecule has 15 heteroatoms. The fraction of sp³-hybridized carbons (Fsp3) is 0.360. The Bertz CT molecular complexity index is 1440. The van der Waals surface area contributed by atoms with E-state index in [1.165, 1.54) is 44.2 Å². The van der Waals surface area contributed by atoms with Gasteiger partial charge in [-0.15, -0.1) is 0 Å². The van der Waals surface area contributed by atoms with Crippen LogP contribution in [0.15, 0.2) is 30.3 Å². The molecule has 0 saturated heterocycles. The van der Waals surface area contributed by atoms with Crippen LogP contribution in [0.2, 0.25) is 0 Å². The zero-order valence-corrected chi connectivity index (χ0v) is 22.3. The van der Waals surface area contributed by atoms with E-state index < -0.39 is 78.0 Å². The molecule has 2 aromatic rings. The minimum atomic E-state index is -4.67. The van der Waals surface area contributed by atoms with Crippen LogP contribution in [0, 0.1) is 13.8 Å². The predicted octanol–water partition coefficient (Wildman–Crippen LogP) is 0.417. The molecule has 0 bridgehead atoms. The van der Waals surface area contributed by atoms with Gasteiger partial charge in [-0.25, -0.2) is 0 Å². The van der Waals surface area contributed by atoms with Gasteiger partial charge in [0.2, 0.25) is 0 Å². The zero-order chi connectivity index (χ0) is 30.0. The first-order valence-electron chi connectivity index (χ1n) is 11.8. The molecular formula is C25H28N2O12S. The number of carboxylic acids is 4. The summed E-state index contributed by atoms with van der Waals surface area (Å²) < 4.78 is 30.9. The van der Waals surface area contributed by atoms with Crippen LogP contribution in [-0.4, -0.2) is 100 Å². The Labute approximate surface area is 228 Å². The molecule has 14 nitrogen and oxygen atoms in total. The van der Waals surface area contributed by atoms with Crippen LogP contribution in [0.3, 0.4) is 0 Å². The molecule has 0 aromatic heterocycles. The van der Waals surface area contributed by atoms with Crippen LogP contribution < -0.4 is 4.18 Å². The van der Waals surface area contributed by atoms with Crippen molar-refractivity contribution < 1.29 is 57.3 Å². The highest BCUT2D eigenvalue weighted by atomic mass is 32.2. The Hall–Kier alpha value is -4.21. The zero-order valence-electron chi connectivity index (χ0n) is 21.5. The third kappa shape index (κ3) is 6.00. The molecule has 0 aliphatic carbocycles. The summed E-state index contributed by atoms with van der Waals surface area (Å²) in [6.45, 7) is -1.20. The van der Waals surface area contributed by atoms with E-state index in [1.54, 1.807) is 0 Å². The lowest BCUT2D eigenvalue weighted by atomic mass is 9.83. The molecule has 0 fully saturated rings. The number of aliphatic carboxylic acids is 4. The van der Waals surface area contributed by atoms with Crippen molar-refractivity contribution in [2.75, 3.05) is 32.7 Å². The number of aryl methyl sites for hydroxylation is 1. The fourth-order valence-corrected chi connectivity index (χ4v) is 6.73. The van der Waals surface area contributed by atoms with Crippen molar-refractivity contribution in [3.8, 4) is 11.5 Å². The van der Waals surface area contributed by atoms with Gasteiger partial charge in [0.15, 0.2) is 4.75 Å². The van der Waals surface area contributed by atoms with Gasteiger partial charge in [0.05, 0.1) is 26.2 Å². The number of phenolic OH excluding ortho intramolecular Hbond substituents is 1. The molecule has 0 radical (unpaired) electrons. The van der Waals surface area contributed by atoms with Gasteiger partial charge in [-0.3, -0.25) is 29.0 Å². The maximum Gasteiger partial charge on any atom is 0.325 e. The molecule has 1 aliphatic rings. The smallest absolute Gasteiger partial charge is 0.325 e. The van der Waals surface area contributed by atoms with Crippen molar-refractivity contribution in [3.63, 3.8) is 0 Å². The van der Waals surface area contributed by atoms with E-state index in [4.69, 9.17) is 4.18 Å². The summed E-state index contributed by atoms with van der Waals surface area (Å²) in [5.74, 6) is -5.85. The van der Waals surface area contributed by atoms with Gasteiger partial charge in [0, 0.05) is 24.2 Å². The van der Waals surface area contributed by atoms with E-state index in [0.29, 0.717) is 0 Å². The number of aromatic hydroxyl groups is 1. The van der Waals surface area contributed by atoms with E-state index in [1.807, 2.05) is 0 Å². The quantitative estimate of drug-likeness (QED) is 0.203. The molecule has 2 aromatic carbocycles.